The molecule has 0 aliphatic carbocycles. The summed E-state index contributed by atoms with van der Waals surface area (Å²) in [5.41, 5.74) is 12.1. The van der Waals surface area contributed by atoms with Crippen molar-refractivity contribution in [2.45, 2.75) is 15.2 Å². The van der Waals surface area contributed by atoms with Gasteiger partial charge in [0.2, 0.25) is 0 Å². The molecule has 1 spiro atoms. The Morgan fingerprint density at radius 1 is 0.457 bits per heavy atom. The molecule has 1 aromatic heterocycles. The van der Waals surface area contributed by atoms with Crippen LogP contribution in [0.4, 0.5) is 17.1 Å². The lowest BCUT2D eigenvalue weighted by Gasteiger charge is -2.46. The Morgan fingerprint density at radius 3 is 1.85 bits per heavy atom. The van der Waals surface area contributed by atoms with Crippen LogP contribution < -0.4 is 4.90 Å². The minimum absolute atomic E-state index is 0.507. The van der Waals surface area contributed by atoms with Gasteiger partial charge in [-0.3, -0.25) is 0 Å². The Hall–Kier alpha value is -5.51. The zero-order valence-electron chi connectivity index (χ0n) is 25.0. The van der Waals surface area contributed by atoms with Crippen LogP contribution in [0.1, 0.15) is 22.3 Å². The van der Waals surface area contributed by atoms with E-state index in [9.17, 15) is 0 Å². The summed E-state index contributed by atoms with van der Waals surface area (Å²) in [6.07, 6.45) is 0. The van der Waals surface area contributed by atoms with E-state index in [-0.39, 0.29) is 0 Å². The molecule has 2 nitrogen and oxygen atoms in total. The van der Waals surface area contributed by atoms with Crippen LogP contribution in [0.25, 0.3) is 27.5 Å². The van der Waals surface area contributed by atoms with Gasteiger partial charge in [0.1, 0.15) is 0 Å². The number of hydrogen-bond acceptors (Lipinski definition) is 2. The Labute approximate surface area is 272 Å². The quantitative estimate of drug-likeness (QED) is 0.198. The van der Waals surface area contributed by atoms with E-state index in [0.29, 0.717) is 0 Å². The Kier molecular flexibility index (Phi) is 5.46. The van der Waals surface area contributed by atoms with Gasteiger partial charge in [-0.1, -0.05) is 133 Å². The first-order valence-electron chi connectivity index (χ1n) is 15.8. The molecule has 3 heterocycles. The van der Waals surface area contributed by atoms with Crippen molar-refractivity contribution in [2.24, 2.45) is 0 Å². The van der Waals surface area contributed by atoms with E-state index in [1.54, 1.807) is 0 Å². The monoisotopic (exact) mass is 604 g/mol. The first kappa shape index (κ1) is 25.8. The highest BCUT2D eigenvalue weighted by molar-refractivity contribution is 7.99. The Bertz CT molecular complexity index is 2420. The fourth-order valence-electron chi connectivity index (χ4n) is 8.09. The molecule has 0 N–H and O–H groups in total. The molecule has 0 saturated heterocycles. The van der Waals surface area contributed by atoms with Crippen molar-refractivity contribution in [3.8, 4) is 5.69 Å². The maximum absolute atomic E-state index is 2.51. The van der Waals surface area contributed by atoms with E-state index in [4.69, 9.17) is 0 Å². The van der Waals surface area contributed by atoms with Crippen LogP contribution in [-0.2, 0) is 5.41 Å². The first-order valence-corrected chi connectivity index (χ1v) is 16.6. The maximum atomic E-state index is 2.51. The van der Waals surface area contributed by atoms with Crippen molar-refractivity contribution in [2.75, 3.05) is 4.90 Å². The second-order valence-corrected chi connectivity index (χ2v) is 13.1. The van der Waals surface area contributed by atoms with Gasteiger partial charge in [0.15, 0.2) is 0 Å². The molecule has 0 amide bonds. The number of rotatable bonds is 3. The summed E-state index contributed by atoms with van der Waals surface area (Å²) < 4.78 is 2.51. The SMILES string of the molecule is c1ccc(N(c2ccccc2)c2cccc3c2Sc2ccccc2C32c3ccccc3-n3c4ccccc4c4cccc2c43)cc1. The highest BCUT2D eigenvalue weighted by atomic mass is 32.2. The molecule has 46 heavy (non-hydrogen) atoms. The predicted octanol–water partition coefficient (Wildman–Crippen LogP) is 11.4. The van der Waals surface area contributed by atoms with Crippen LogP contribution in [-0.4, -0.2) is 4.57 Å². The zero-order valence-corrected chi connectivity index (χ0v) is 25.8. The Morgan fingerprint density at radius 2 is 1.04 bits per heavy atom. The van der Waals surface area contributed by atoms with Crippen molar-refractivity contribution in [3.05, 3.63) is 192 Å². The summed E-state index contributed by atoms with van der Waals surface area (Å²) in [6.45, 7) is 0. The molecular formula is C43H28N2S. The van der Waals surface area contributed by atoms with Crippen molar-refractivity contribution in [1.29, 1.82) is 0 Å². The van der Waals surface area contributed by atoms with E-state index in [0.717, 1.165) is 11.4 Å². The third kappa shape index (κ3) is 3.33. The standard InChI is InChI=1S/C43H28N2S/c1-3-15-29(16-4-1)44(30-17-5-2-6-18-30)39-27-14-24-36-42(39)46-40-28-12-9-22-34(40)43(36)33-21-8-11-26-38(33)45-37-25-10-7-19-31(37)32-20-13-23-35(43)41(32)45/h1-28H. The molecule has 0 bridgehead atoms. The largest absolute Gasteiger partial charge is 0.309 e. The zero-order chi connectivity index (χ0) is 30.2. The van der Waals surface area contributed by atoms with Gasteiger partial charge in [-0.25, -0.2) is 0 Å². The topological polar surface area (TPSA) is 8.17 Å². The third-order valence-corrected chi connectivity index (χ3v) is 11.0. The number of nitrogens with zero attached hydrogens (tertiary/aromatic N) is 2. The Balaban J connectivity index is 1.38. The van der Waals surface area contributed by atoms with E-state index in [1.807, 2.05) is 11.8 Å². The van der Waals surface area contributed by atoms with E-state index in [1.165, 1.54) is 65.2 Å². The molecule has 7 aromatic carbocycles. The van der Waals surface area contributed by atoms with E-state index in [2.05, 4.69) is 179 Å². The van der Waals surface area contributed by atoms with Crippen molar-refractivity contribution in [1.82, 2.24) is 4.57 Å². The van der Waals surface area contributed by atoms with Gasteiger partial charge in [0, 0.05) is 31.9 Å². The van der Waals surface area contributed by atoms with Gasteiger partial charge in [0.05, 0.1) is 27.8 Å². The molecule has 8 aromatic rings. The average Bonchev–Trinajstić information content (AvgIpc) is 3.47. The smallest absolute Gasteiger partial charge is 0.0765 e. The van der Waals surface area contributed by atoms with Gasteiger partial charge < -0.3 is 9.47 Å². The number of anilines is 3. The number of para-hydroxylation sites is 5. The molecule has 2 aliphatic heterocycles. The average molecular weight is 605 g/mol. The number of aromatic nitrogens is 1. The summed E-state index contributed by atoms with van der Waals surface area (Å²) in [5.74, 6) is 0. The minimum atomic E-state index is -0.507. The van der Waals surface area contributed by atoms with Gasteiger partial charge in [-0.2, -0.15) is 0 Å². The molecule has 10 rings (SSSR count). The summed E-state index contributed by atoms with van der Waals surface area (Å²) >= 11 is 1.90. The second-order valence-electron chi connectivity index (χ2n) is 12.1. The van der Waals surface area contributed by atoms with Gasteiger partial charge in [-0.05, 0) is 70.8 Å². The van der Waals surface area contributed by atoms with Gasteiger partial charge in [0.25, 0.3) is 0 Å². The number of hydrogen-bond donors (Lipinski definition) is 0. The fraction of sp³-hybridized carbons (Fsp3) is 0.0233. The minimum Gasteiger partial charge on any atom is -0.309 e. The summed E-state index contributed by atoms with van der Waals surface area (Å²) in [5, 5.41) is 2.59. The highest BCUT2D eigenvalue weighted by Gasteiger charge is 2.50. The second kappa shape index (κ2) is 9.74. The number of fused-ring (bicyclic) bond motifs is 11. The molecule has 0 radical (unpaired) electrons. The van der Waals surface area contributed by atoms with Gasteiger partial charge >= 0.3 is 0 Å². The fourth-order valence-corrected chi connectivity index (χ4v) is 9.38. The lowest BCUT2D eigenvalue weighted by atomic mass is 9.62. The normalized spacial score (nSPS) is 15.8. The van der Waals surface area contributed by atoms with Crippen LogP contribution in [0.2, 0.25) is 0 Å². The molecule has 216 valence electrons. The highest BCUT2D eigenvalue weighted by Crippen LogP contribution is 2.62. The van der Waals surface area contributed by atoms with Crippen LogP contribution in [0.5, 0.6) is 0 Å². The van der Waals surface area contributed by atoms with Crippen LogP contribution in [0.15, 0.2) is 180 Å². The maximum Gasteiger partial charge on any atom is 0.0765 e. The molecule has 1 atom stereocenters. The van der Waals surface area contributed by atoms with Crippen LogP contribution >= 0.6 is 11.8 Å². The van der Waals surface area contributed by atoms with Crippen LogP contribution in [0.3, 0.4) is 0 Å². The van der Waals surface area contributed by atoms with E-state index < -0.39 is 5.41 Å². The third-order valence-electron chi connectivity index (χ3n) is 9.82. The molecule has 1 unspecified atom stereocenters. The molecular weight excluding hydrogens is 577 g/mol. The summed E-state index contributed by atoms with van der Waals surface area (Å²) in [6, 6.07) is 62.4. The molecule has 2 aliphatic rings. The predicted molar refractivity (Wildman–Crippen MR) is 191 cm³/mol. The summed E-state index contributed by atoms with van der Waals surface area (Å²) in [7, 11) is 0. The molecule has 0 saturated carbocycles. The van der Waals surface area contributed by atoms with Gasteiger partial charge in [-0.15, -0.1) is 0 Å². The van der Waals surface area contributed by atoms with Crippen molar-refractivity contribution < 1.29 is 0 Å². The lowest BCUT2D eigenvalue weighted by Crippen LogP contribution is -2.38. The first-order chi connectivity index (χ1) is 22.9. The van der Waals surface area contributed by atoms with Crippen LogP contribution in [0, 0.1) is 0 Å². The molecule has 3 heteroatoms. The summed E-state index contributed by atoms with van der Waals surface area (Å²) in [4.78, 5) is 4.99. The van der Waals surface area contributed by atoms with Crippen molar-refractivity contribution in [3.63, 3.8) is 0 Å². The number of benzene rings is 7. The molecule has 0 fully saturated rings. The lowest BCUT2D eigenvalue weighted by molar-refractivity contribution is 0.689. The van der Waals surface area contributed by atoms with E-state index >= 15 is 0 Å². The van der Waals surface area contributed by atoms with Crippen molar-refractivity contribution >= 4 is 50.6 Å².